The largest absolute Gasteiger partial charge is 0.492 e. The van der Waals surface area contributed by atoms with Gasteiger partial charge in [-0.05, 0) is 30.7 Å². The number of fused-ring (bicyclic) bond motifs is 1. The zero-order valence-corrected chi connectivity index (χ0v) is 25.5. The summed E-state index contributed by atoms with van der Waals surface area (Å²) < 4.78 is 27.8. The second-order valence-electron chi connectivity index (χ2n) is 10.4. The molecule has 1 fully saturated rings. The minimum atomic E-state index is -1.48. The van der Waals surface area contributed by atoms with Crippen molar-refractivity contribution in [3.8, 4) is 5.75 Å². The molecule has 0 spiro atoms. The van der Waals surface area contributed by atoms with Crippen LogP contribution in [0.2, 0.25) is 0 Å². The van der Waals surface area contributed by atoms with E-state index in [-0.39, 0.29) is 18.9 Å². The average molecular weight is 626 g/mol. The van der Waals surface area contributed by atoms with Crippen molar-refractivity contribution in [2.75, 3.05) is 24.7 Å². The molecule has 0 aromatic heterocycles. The van der Waals surface area contributed by atoms with Gasteiger partial charge in [0.1, 0.15) is 31.1 Å². The predicted octanol–water partition coefficient (Wildman–Crippen LogP) is 1.80. The number of nitrogens with one attached hydrogen (secondary N) is 1. The number of amides is 2. The summed E-state index contributed by atoms with van der Waals surface area (Å²) >= 11 is 0. The van der Waals surface area contributed by atoms with Gasteiger partial charge in [0.25, 0.3) is 12.2 Å². The molecular weight excluding hydrogens is 590 g/mol. The molecule has 0 bridgehead atoms. The number of hydrogen-bond donors (Lipinski definition) is 1. The maximum atomic E-state index is 13.6. The molecule has 14 heteroatoms. The number of nitrogens with zero attached hydrogens (tertiary/aromatic N) is 2. The summed E-state index contributed by atoms with van der Waals surface area (Å²) in [5, 5.41) is 6.73. The van der Waals surface area contributed by atoms with E-state index in [0.29, 0.717) is 17.0 Å². The fraction of sp³-hybridized carbons (Fsp3) is 0.419. The molecule has 2 aromatic rings. The maximum Gasteiger partial charge on any atom is 0.303 e. The van der Waals surface area contributed by atoms with Crippen LogP contribution in [-0.4, -0.2) is 85.8 Å². The van der Waals surface area contributed by atoms with Crippen LogP contribution >= 0.6 is 0 Å². The fourth-order valence-electron chi connectivity index (χ4n) is 5.02. The third-order valence-electron chi connectivity index (χ3n) is 6.79. The highest BCUT2D eigenvalue weighted by Gasteiger charge is 2.52. The number of para-hydroxylation sites is 1. The van der Waals surface area contributed by atoms with Crippen molar-refractivity contribution >= 4 is 41.1 Å². The van der Waals surface area contributed by atoms with Crippen LogP contribution in [0.15, 0.2) is 53.7 Å². The molecule has 1 N–H and O–H groups in total. The Kier molecular flexibility index (Phi) is 10.7. The lowest BCUT2D eigenvalue weighted by molar-refractivity contribution is -0.278. The monoisotopic (exact) mass is 625 g/mol. The SMILES string of the molecule is CC(=O)N[C@H]1[C@H](ON=C2C(=O)N(CCOc3cccc(C)c3)c3ccccc32)O[C@H](COC(C)=O)[C@@H](OC(C)=O)[C@@H]1OC(C)=O. The molecule has 2 aliphatic rings. The highest BCUT2D eigenvalue weighted by atomic mass is 16.8. The van der Waals surface area contributed by atoms with Crippen molar-refractivity contribution in [1.29, 1.82) is 0 Å². The smallest absolute Gasteiger partial charge is 0.303 e. The minimum absolute atomic E-state index is 0.0472. The third-order valence-corrected chi connectivity index (χ3v) is 6.79. The zero-order valence-electron chi connectivity index (χ0n) is 25.5. The van der Waals surface area contributed by atoms with E-state index in [1.54, 1.807) is 24.3 Å². The van der Waals surface area contributed by atoms with Crippen LogP contribution in [0, 0.1) is 6.92 Å². The Labute approximate surface area is 259 Å². The predicted molar refractivity (Wildman–Crippen MR) is 157 cm³/mol. The first kappa shape index (κ1) is 32.9. The molecule has 0 saturated carbocycles. The van der Waals surface area contributed by atoms with Gasteiger partial charge in [0, 0.05) is 33.3 Å². The number of benzene rings is 2. The molecular formula is C31H35N3O11. The minimum Gasteiger partial charge on any atom is -0.492 e. The van der Waals surface area contributed by atoms with E-state index in [1.807, 2.05) is 31.2 Å². The number of aryl methyl sites for hydroxylation is 1. The van der Waals surface area contributed by atoms with Crippen LogP contribution < -0.4 is 15.0 Å². The van der Waals surface area contributed by atoms with Crippen LogP contribution in [0.5, 0.6) is 5.75 Å². The third kappa shape index (κ3) is 8.35. The Hall–Kier alpha value is -4.98. The van der Waals surface area contributed by atoms with E-state index < -0.39 is 67.0 Å². The van der Waals surface area contributed by atoms with E-state index in [9.17, 15) is 24.0 Å². The fourth-order valence-corrected chi connectivity index (χ4v) is 5.02. The molecule has 2 heterocycles. The van der Waals surface area contributed by atoms with E-state index >= 15 is 0 Å². The summed E-state index contributed by atoms with van der Waals surface area (Å²) in [5.74, 6) is -2.50. The van der Waals surface area contributed by atoms with Crippen molar-refractivity contribution in [1.82, 2.24) is 5.32 Å². The zero-order chi connectivity index (χ0) is 32.7. The van der Waals surface area contributed by atoms with E-state index in [1.165, 1.54) is 18.7 Å². The molecule has 0 aliphatic carbocycles. The van der Waals surface area contributed by atoms with Crippen LogP contribution in [0.25, 0.3) is 0 Å². The second kappa shape index (κ2) is 14.7. The first-order chi connectivity index (χ1) is 21.4. The van der Waals surface area contributed by atoms with Crippen LogP contribution in [0.3, 0.4) is 0 Å². The van der Waals surface area contributed by atoms with Gasteiger partial charge < -0.3 is 38.7 Å². The molecule has 2 aliphatic heterocycles. The molecule has 4 rings (SSSR count). The van der Waals surface area contributed by atoms with Crippen LogP contribution in [0.1, 0.15) is 38.8 Å². The molecule has 5 atom stereocenters. The number of rotatable bonds is 11. The van der Waals surface area contributed by atoms with Gasteiger partial charge in [-0.1, -0.05) is 35.5 Å². The lowest BCUT2D eigenvalue weighted by Gasteiger charge is -2.43. The van der Waals surface area contributed by atoms with E-state index in [4.69, 9.17) is 28.5 Å². The number of carbonyl (C=O) groups excluding carboxylic acids is 5. The van der Waals surface area contributed by atoms with Gasteiger partial charge in [-0.15, -0.1) is 0 Å². The van der Waals surface area contributed by atoms with E-state index in [0.717, 1.165) is 19.4 Å². The number of hydrogen-bond acceptors (Lipinski definition) is 12. The summed E-state index contributed by atoms with van der Waals surface area (Å²) in [7, 11) is 0. The Balaban J connectivity index is 1.61. The van der Waals surface area contributed by atoms with Crippen LogP contribution in [-0.2, 0) is 47.8 Å². The molecule has 240 valence electrons. The van der Waals surface area contributed by atoms with Crippen molar-refractivity contribution in [2.24, 2.45) is 5.16 Å². The molecule has 0 unspecified atom stereocenters. The number of carbonyl (C=O) groups is 5. The lowest BCUT2D eigenvalue weighted by Crippen LogP contribution is -2.66. The standard InChI is InChI=1S/C31H35N3O11/c1-17-9-8-10-22(15-17)40-14-13-34-24-12-7-6-11-23(24)26(30(34)39)33-45-31-27(32-18(2)35)29(43-21(5)38)28(42-20(4)37)25(44-31)16-41-19(3)36/h6-12,15,25,27-29,31H,13-14,16H2,1-5H3,(H,32,35)/t25-,27-,28-,29-,31+/m1/s1. The van der Waals surface area contributed by atoms with Gasteiger partial charge >= 0.3 is 17.9 Å². The summed E-state index contributed by atoms with van der Waals surface area (Å²) in [5.41, 5.74) is 2.06. The van der Waals surface area contributed by atoms with Crippen molar-refractivity contribution in [2.45, 2.75) is 65.3 Å². The number of ether oxygens (including phenoxy) is 5. The Morgan fingerprint density at radius 2 is 1.64 bits per heavy atom. The highest BCUT2D eigenvalue weighted by Crippen LogP contribution is 2.31. The van der Waals surface area contributed by atoms with Gasteiger partial charge in [-0.2, -0.15) is 0 Å². The Morgan fingerprint density at radius 3 is 2.31 bits per heavy atom. The normalized spacial score (nSPS) is 23.1. The van der Waals surface area contributed by atoms with Crippen molar-refractivity contribution < 1.29 is 52.5 Å². The van der Waals surface area contributed by atoms with E-state index in [2.05, 4.69) is 10.5 Å². The number of oxime groups is 1. The topological polar surface area (TPSA) is 168 Å². The van der Waals surface area contributed by atoms with Gasteiger partial charge in [0.2, 0.25) is 5.91 Å². The molecule has 2 amide bonds. The van der Waals surface area contributed by atoms with Crippen molar-refractivity contribution in [3.63, 3.8) is 0 Å². The van der Waals surface area contributed by atoms with Gasteiger partial charge in [0.05, 0.1) is 12.2 Å². The maximum absolute atomic E-state index is 13.6. The van der Waals surface area contributed by atoms with Crippen molar-refractivity contribution in [3.05, 3.63) is 59.7 Å². The summed E-state index contributed by atoms with van der Waals surface area (Å²) in [6.07, 6.45) is -5.31. The Morgan fingerprint density at radius 1 is 0.933 bits per heavy atom. The number of esters is 3. The molecule has 1 saturated heterocycles. The molecule has 0 radical (unpaired) electrons. The first-order valence-electron chi connectivity index (χ1n) is 14.2. The average Bonchev–Trinajstić information content (AvgIpc) is 3.23. The quantitative estimate of drug-likeness (QED) is 0.220. The lowest BCUT2D eigenvalue weighted by atomic mass is 9.96. The molecule has 2 aromatic carbocycles. The van der Waals surface area contributed by atoms with Gasteiger partial charge in [0.15, 0.2) is 17.9 Å². The van der Waals surface area contributed by atoms with Crippen LogP contribution in [0.4, 0.5) is 5.69 Å². The van der Waals surface area contributed by atoms with Gasteiger partial charge in [-0.25, -0.2) is 0 Å². The summed E-state index contributed by atoms with van der Waals surface area (Å²) in [4.78, 5) is 68.7. The van der Waals surface area contributed by atoms with Gasteiger partial charge in [-0.3, -0.25) is 24.0 Å². The molecule has 14 nitrogen and oxygen atoms in total. The molecule has 45 heavy (non-hydrogen) atoms. The highest BCUT2D eigenvalue weighted by molar-refractivity contribution is 6.54. The summed E-state index contributed by atoms with van der Waals surface area (Å²) in [6, 6.07) is 13.3. The second-order valence-corrected chi connectivity index (χ2v) is 10.4. The number of anilines is 1. The Bertz CT molecular complexity index is 1480. The first-order valence-corrected chi connectivity index (χ1v) is 14.2. The summed E-state index contributed by atoms with van der Waals surface area (Å²) in [6.45, 7) is 6.61.